The highest BCUT2D eigenvalue weighted by Gasteiger charge is 2.20. The van der Waals surface area contributed by atoms with E-state index in [1.54, 1.807) is 0 Å². The van der Waals surface area contributed by atoms with Gasteiger partial charge in [-0.3, -0.25) is 0 Å². The summed E-state index contributed by atoms with van der Waals surface area (Å²) in [4.78, 5) is 0. The molecule has 1 N–H and O–H groups in total. The van der Waals surface area contributed by atoms with E-state index in [4.69, 9.17) is 0 Å². The van der Waals surface area contributed by atoms with Gasteiger partial charge in [0.05, 0.1) is 5.60 Å². The average Bonchev–Trinajstić information content (AvgIpc) is 2.33. The Morgan fingerprint density at radius 3 is 2.33 bits per heavy atom. The standard InChI is InChI=1S/C17H26O/c1-4-5-6-7-11-14-16(17(2,3)18)15-12-9-8-10-13-15/h8-10,12-14,18H,4-7,11H2,1-3H3/b16-14+. The van der Waals surface area contributed by atoms with Crippen LogP contribution in [-0.4, -0.2) is 10.7 Å². The summed E-state index contributed by atoms with van der Waals surface area (Å²) in [6, 6.07) is 10.2. The van der Waals surface area contributed by atoms with Crippen LogP contribution in [0.3, 0.4) is 0 Å². The van der Waals surface area contributed by atoms with Gasteiger partial charge in [-0.25, -0.2) is 0 Å². The van der Waals surface area contributed by atoms with Crippen molar-refractivity contribution in [1.82, 2.24) is 0 Å². The molecule has 1 nitrogen and oxygen atoms in total. The summed E-state index contributed by atoms with van der Waals surface area (Å²) in [6.45, 7) is 5.94. The van der Waals surface area contributed by atoms with Crippen LogP contribution in [0.1, 0.15) is 58.4 Å². The fraction of sp³-hybridized carbons (Fsp3) is 0.529. The van der Waals surface area contributed by atoms with Crippen LogP contribution in [0, 0.1) is 0 Å². The average molecular weight is 246 g/mol. The van der Waals surface area contributed by atoms with E-state index >= 15 is 0 Å². The van der Waals surface area contributed by atoms with Crippen molar-refractivity contribution in [1.29, 1.82) is 0 Å². The molecular formula is C17H26O. The van der Waals surface area contributed by atoms with Crippen molar-refractivity contribution in [3.8, 4) is 0 Å². The first-order valence-electron chi connectivity index (χ1n) is 7.04. The van der Waals surface area contributed by atoms with Crippen LogP contribution in [0.2, 0.25) is 0 Å². The van der Waals surface area contributed by atoms with Gasteiger partial charge in [-0.05, 0) is 37.8 Å². The third kappa shape index (κ3) is 5.05. The molecule has 0 amide bonds. The molecular weight excluding hydrogens is 220 g/mol. The molecule has 1 aromatic rings. The lowest BCUT2D eigenvalue weighted by Crippen LogP contribution is -2.20. The molecule has 0 saturated carbocycles. The molecule has 0 heterocycles. The summed E-state index contributed by atoms with van der Waals surface area (Å²) in [6.07, 6.45) is 8.30. The predicted molar refractivity (Wildman–Crippen MR) is 79.5 cm³/mol. The number of hydrogen-bond donors (Lipinski definition) is 1. The van der Waals surface area contributed by atoms with Gasteiger partial charge in [0.25, 0.3) is 0 Å². The van der Waals surface area contributed by atoms with Crippen molar-refractivity contribution >= 4 is 5.57 Å². The van der Waals surface area contributed by atoms with Gasteiger partial charge in [0, 0.05) is 0 Å². The Bertz CT molecular complexity index is 357. The van der Waals surface area contributed by atoms with E-state index < -0.39 is 5.60 Å². The highest BCUT2D eigenvalue weighted by atomic mass is 16.3. The maximum absolute atomic E-state index is 10.3. The molecule has 0 radical (unpaired) electrons. The van der Waals surface area contributed by atoms with Crippen molar-refractivity contribution in [2.24, 2.45) is 0 Å². The van der Waals surface area contributed by atoms with Crippen LogP contribution in [0.5, 0.6) is 0 Å². The Balaban J connectivity index is 2.71. The van der Waals surface area contributed by atoms with Gasteiger partial charge in [-0.1, -0.05) is 62.6 Å². The van der Waals surface area contributed by atoms with Crippen molar-refractivity contribution in [3.05, 3.63) is 42.0 Å². The fourth-order valence-electron chi connectivity index (χ4n) is 2.16. The second-order valence-corrected chi connectivity index (χ2v) is 5.39. The normalized spacial score (nSPS) is 12.8. The number of allylic oxidation sites excluding steroid dienone is 1. The van der Waals surface area contributed by atoms with Crippen molar-refractivity contribution in [3.63, 3.8) is 0 Å². The first-order valence-corrected chi connectivity index (χ1v) is 7.04. The molecule has 0 bridgehead atoms. The Morgan fingerprint density at radius 1 is 1.11 bits per heavy atom. The van der Waals surface area contributed by atoms with Gasteiger partial charge < -0.3 is 5.11 Å². The highest BCUT2D eigenvalue weighted by molar-refractivity contribution is 5.71. The molecule has 18 heavy (non-hydrogen) atoms. The third-order valence-electron chi connectivity index (χ3n) is 3.15. The van der Waals surface area contributed by atoms with Crippen LogP contribution in [-0.2, 0) is 0 Å². The minimum Gasteiger partial charge on any atom is -0.386 e. The first kappa shape index (κ1) is 15.0. The highest BCUT2D eigenvalue weighted by Crippen LogP contribution is 2.27. The molecule has 100 valence electrons. The molecule has 0 aliphatic heterocycles. The molecule has 0 aromatic heterocycles. The molecule has 1 rings (SSSR count). The van der Waals surface area contributed by atoms with E-state index in [2.05, 4.69) is 25.1 Å². The zero-order valence-corrected chi connectivity index (χ0v) is 11.9. The Kier molecular flexibility index (Phi) is 6.14. The quantitative estimate of drug-likeness (QED) is 0.684. The summed E-state index contributed by atoms with van der Waals surface area (Å²) in [7, 11) is 0. The number of hydrogen-bond acceptors (Lipinski definition) is 1. The Hall–Kier alpha value is -1.08. The third-order valence-corrected chi connectivity index (χ3v) is 3.15. The molecule has 0 unspecified atom stereocenters. The van der Waals surface area contributed by atoms with Crippen molar-refractivity contribution < 1.29 is 5.11 Å². The smallest absolute Gasteiger partial charge is 0.0843 e. The molecule has 1 heteroatoms. The summed E-state index contributed by atoms with van der Waals surface area (Å²) in [5.41, 5.74) is 1.40. The fourth-order valence-corrected chi connectivity index (χ4v) is 2.16. The largest absolute Gasteiger partial charge is 0.386 e. The van der Waals surface area contributed by atoms with Gasteiger partial charge >= 0.3 is 0 Å². The van der Waals surface area contributed by atoms with E-state index in [1.165, 1.54) is 25.7 Å². The van der Waals surface area contributed by atoms with Gasteiger partial charge in [-0.15, -0.1) is 0 Å². The lowest BCUT2D eigenvalue weighted by Gasteiger charge is -2.22. The van der Waals surface area contributed by atoms with Gasteiger partial charge in [0.1, 0.15) is 0 Å². The van der Waals surface area contributed by atoms with E-state index in [9.17, 15) is 5.11 Å². The minimum absolute atomic E-state index is 0.772. The number of benzene rings is 1. The van der Waals surface area contributed by atoms with Crippen molar-refractivity contribution in [2.45, 2.75) is 58.5 Å². The minimum atomic E-state index is -0.772. The molecule has 0 spiro atoms. The monoisotopic (exact) mass is 246 g/mol. The van der Waals surface area contributed by atoms with E-state index in [0.29, 0.717) is 0 Å². The molecule has 0 saturated heterocycles. The van der Waals surface area contributed by atoms with E-state index in [-0.39, 0.29) is 0 Å². The molecule has 0 fully saturated rings. The van der Waals surface area contributed by atoms with Gasteiger partial charge in [0.15, 0.2) is 0 Å². The van der Waals surface area contributed by atoms with Crippen LogP contribution < -0.4 is 0 Å². The molecule has 0 aliphatic carbocycles. The van der Waals surface area contributed by atoms with Crippen molar-refractivity contribution in [2.75, 3.05) is 0 Å². The van der Waals surface area contributed by atoms with Crippen LogP contribution >= 0.6 is 0 Å². The topological polar surface area (TPSA) is 20.2 Å². The Labute approximate surface area is 112 Å². The summed E-state index contributed by atoms with van der Waals surface area (Å²) >= 11 is 0. The summed E-state index contributed by atoms with van der Waals surface area (Å²) < 4.78 is 0. The van der Waals surface area contributed by atoms with E-state index in [1.807, 2.05) is 32.0 Å². The van der Waals surface area contributed by atoms with Crippen LogP contribution in [0.15, 0.2) is 36.4 Å². The Morgan fingerprint density at radius 2 is 1.78 bits per heavy atom. The second kappa shape index (κ2) is 7.38. The van der Waals surface area contributed by atoms with Crippen LogP contribution in [0.25, 0.3) is 5.57 Å². The first-order chi connectivity index (χ1) is 8.55. The number of aliphatic hydroxyl groups is 1. The lowest BCUT2D eigenvalue weighted by molar-refractivity contribution is 0.143. The summed E-state index contributed by atoms with van der Waals surface area (Å²) in [5, 5.41) is 10.3. The number of unbranched alkanes of at least 4 members (excludes halogenated alkanes) is 4. The second-order valence-electron chi connectivity index (χ2n) is 5.39. The maximum atomic E-state index is 10.3. The zero-order chi connectivity index (χ0) is 13.4. The SMILES string of the molecule is CCCCCC/C=C(\c1ccccc1)C(C)(C)O. The van der Waals surface area contributed by atoms with Crippen LogP contribution in [0.4, 0.5) is 0 Å². The lowest BCUT2D eigenvalue weighted by atomic mass is 9.90. The predicted octanol–water partition coefficient (Wildman–Crippen LogP) is 4.81. The maximum Gasteiger partial charge on any atom is 0.0843 e. The van der Waals surface area contributed by atoms with E-state index in [0.717, 1.165) is 17.6 Å². The molecule has 0 aliphatic rings. The molecule has 1 aromatic carbocycles. The van der Waals surface area contributed by atoms with Gasteiger partial charge in [-0.2, -0.15) is 0 Å². The number of rotatable bonds is 7. The molecule has 0 atom stereocenters. The van der Waals surface area contributed by atoms with Gasteiger partial charge in [0.2, 0.25) is 0 Å². The zero-order valence-electron chi connectivity index (χ0n) is 11.9. The summed E-state index contributed by atoms with van der Waals surface area (Å²) in [5.74, 6) is 0.